The maximum absolute atomic E-state index is 5.68. The fourth-order valence-corrected chi connectivity index (χ4v) is 1.99. The van der Waals surface area contributed by atoms with Crippen LogP contribution in [-0.4, -0.2) is 19.1 Å². The molecule has 0 radical (unpaired) electrons. The maximum atomic E-state index is 5.68. The summed E-state index contributed by atoms with van der Waals surface area (Å²) in [5, 5.41) is 3.46. The Labute approximate surface area is 78.3 Å². The van der Waals surface area contributed by atoms with Gasteiger partial charge in [-0.1, -0.05) is 0 Å². The first-order chi connectivity index (χ1) is 6.40. The van der Waals surface area contributed by atoms with Crippen molar-refractivity contribution in [3.63, 3.8) is 0 Å². The van der Waals surface area contributed by atoms with E-state index in [9.17, 15) is 0 Å². The summed E-state index contributed by atoms with van der Waals surface area (Å²) in [6.45, 7) is 1.87. The SMILES string of the molecule is NCC1CCNC1Cc1ccco1. The molecule has 3 N–H and O–H groups in total. The minimum absolute atomic E-state index is 0.510. The highest BCUT2D eigenvalue weighted by Crippen LogP contribution is 2.18. The van der Waals surface area contributed by atoms with Crippen LogP contribution in [0.2, 0.25) is 0 Å². The zero-order valence-electron chi connectivity index (χ0n) is 7.70. The van der Waals surface area contributed by atoms with Crippen LogP contribution in [0, 0.1) is 5.92 Å². The van der Waals surface area contributed by atoms with Gasteiger partial charge in [-0.2, -0.15) is 0 Å². The third-order valence-corrected chi connectivity index (χ3v) is 2.79. The van der Waals surface area contributed by atoms with Gasteiger partial charge in [0.2, 0.25) is 0 Å². The summed E-state index contributed by atoms with van der Waals surface area (Å²) in [4.78, 5) is 0. The fourth-order valence-electron chi connectivity index (χ4n) is 1.99. The zero-order chi connectivity index (χ0) is 9.10. The fraction of sp³-hybridized carbons (Fsp3) is 0.600. The molecule has 3 nitrogen and oxygen atoms in total. The molecule has 2 atom stereocenters. The second kappa shape index (κ2) is 3.94. The highest BCUT2D eigenvalue weighted by atomic mass is 16.3. The number of nitrogens with one attached hydrogen (secondary N) is 1. The third-order valence-electron chi connectivity index (χ3n) is 2.79. The van der Waals surface area contributed by atoms with Gasteiger partial charge in [0.05, 0.1) is 6.26 Å². The average molecular weight is 180 g/mol. The van der Waals surface area contributed by atoms with E-state index >= 15 is 0 Å². The Balaban J connectivity index is 1.94. The van der Waals surface area contributed by atoms with Gasteiger partial charge < -0.3 is 15.5 Å². The average Bonchev–Trinajstić information content (AvgIpc) is 2.76. The first-order valence-electron chi connectivity index (χ1n) is 4.86. The molecule has 0 amide bonds. The minimum atomic E-state index is 0.510. The van der Waals surface area contributed by atoms with E-state index in [1.54, 1.807) is 6.26 Å². The van der Waals surface area contributed by atoms with Crippen LogP contribution in [0.4, 0.5) is 0 Å². The molecule has 1 fully saturated rings. The van der Waals surface area contributed by atoms with Crippen molar-refractivity contribution in [3.8, 4) is 0 Å². The van der Waals surface area contributed by atoms with Crippen LogP contribution >= 0.6 is 0 Å². The monoisotopic (exact) mass is 180 g/mol. The summed E-state index contributed by atoms with van der Waals surface area (Å²) in [7, 11) is 0. The Morgan fingerprint density at radius 3 is 3.23 bits per heavy atom. The van der Waals surface area contributed by atoms with Crippen molar-refractivity contribution in [3.05, 3.63) is 24.2 Å². The molecule has 2 rings (SSSR count). The number of hydrogen-bond acceptors (Lipinski definition) is 3. The van der Waals surface area contributed by atoms with Gasteiger partial charge in [0, 0.05) is 12.5 Å². The van der Waals surface area contributed by atoms with E-state index in [2.05, 4.69) is 5.32 Å². The van der Waals surface area contributed by atoms with E-state index in [1.807, 2.05) is 12.1 Å². The molecular formula is C10H16N2O. The summed E-state index contributed by atoms with van der Waals surface area (Å²) in [5.74, 6) is 1.67. The predicted octanol–water partition coefficient (Wildman–Crippen LogP) is 0.759. The highest BCUT2D eigenvalue weighted by molar-refractivity contribution is 5.02. The normalized spacial score (nSPS) is 28.1. The first-order valence-corrected chi connectivity index (χ1v) is 4.86. The molecule has 72 valence electrons. The summed E-state index contributed by atoms with van der Waals surface area (Å²) >= 11 is 0. The molecule has 2 unspecified atom stereocenters. The van der Waals surface area contributed by atoms with Crippen LogP contribution in [0.1, 0.15) is 12.2 Å². The topological polar surface area (TPSA) is 51.2 Å². The lowest BCUT2D eigenvalue weighted by Gasteiger charge is -2.16. The lowest BCUT2D eigenvalue weighted by atomic mass is 9.97. The summed E-state index contributed by atoms with van der Waals surface area (Å²) in [5.41, 5.74) is 5.68. The van der Waals surface area contributed by atoms with Crippen LogP contribution in [-0.2, 0) is 6.42 Å². The van der Waals surface area contributed by atoms with Crippen LogP contribution in [0.5, 0.6) is 0 Å². The van der Waals surface area contributed by atoms with Gasteiger partial charge >= 0.3 is 0 Å². The molecule has 0 aromatic carbocycles. The van der Waals surface area contributed by atoms with Crippen molar-refractivity contribution in [2.24, 2.45) is 11.7 Å². The van der Waals surface area contributed by atoms with Gasteiger partial charge in [-0.25, -0.2) is 0 Å². The van der Waals surface area contributed by atoms with Gasteiger partial charge in [-0.05, 0) is 37.6 Å². The first kappa shape index (κ1) is 8.78. The number of hydrogen-bond donors (Lipinski definition) is 2. The van der Waals surface area contributed by atoms with Gasteiger partial charge in [-0.15, -0.1) is 0 Å². The van der Waals surface area contributed by atoms with E-state index in [0.717, 1.165) is 25.3 Å². The van der Waals surface area contributed by atoms with Gasteiger partial charge in [0.1, 0.15) is 5.76 Å². The number of rotatable bonds is 3. The van der Waals surface area contributed by atoms with E-state index in [4.69, 9.17) is 10.2 Å². The van der Waals surface area contributed by atoms with E-state index in [1.165, 1.54) is 6.42 Å². The molecule has 1 saturated heterocycles. The van der Waals surface area contributed by atoms with Gasteiger partial charge in [0.25, 0.3) is 0 Å². The van der Waals surface area contributed by atoms with E-state index < -0.39 is 0 Å². The molecule has 13 heavy (non-hydrogen) atoms. The summed E-state index contributed by atoms with van der Waals surface area (Å²) in [6, 6.07) is 4.46. The van der Waals surface area contributed by atoms with Crippen LogP contribution in [0.3, 0.4) is 0 Å². The maximum Gasteiger partial charge on any atom is 0.105 e. The van der Waals surface area contributed by atoms with Gasteiger partial charge in [0.15, 0.2) is 0 Å². The summed E-state index contributed by atoms with van der Waals surface area (Å²) < 4.78 is 5.31. The van der Waals surface area contributed by atoms with Crippen molar-refractivity contribution >= 4 is 0 Å². The highest BCUT2D eigenvalue weighted by Gasteiger charge is 2.25. The molecule has 0 aliphatic carbocycles. The van der Waals surface area contributed by atoms with Crippen molar-refractivity contribution < 1.29 is 4.42 Å². The molecule has 1 aliphatic rings. The standard InChI is InChI=1S/C10H16N2O/c11-7-8-3-4-12-10(8)6-9-2-1-5-13-9/h1-2,5,8,10,12H,3-4,6-7,11H2. The molecule has 0 spiro atoms. The van der Waals surface area contributed by atoms with Crippen molar-refractivity contribution in [1.82, 2.24) is 5.32 Å². The quantitative estimate of drug-likeness (QED) is 0.722. The lowest BCUT2D eigenvalue weighted by molar-refractivity contribution is 0.409. The van der Waals surface area contributed by atoms with Gasteiger partial charge in [-0.3, -0.25) is 0 Å². The Morgan fingerprint density at radius 1 is 1.62 bits per heavy atom. The Hall–Kier alpha value is -0.800. The third kappa shape index (κ3) is 1.92. The Morgan fingerprint density at radius 2 is 2.54 bits per heavy atom. The molecule has 0 saturated carbocycles. The number of furan rings is 1. The Kier molecular flexibility index (Phi) is 2.66. The molecule has 1 aromatic rings. The molecule has 3 heteroatoms. The van der Waals surface area contributed by atoms with Crippen LogP contribution in [0.15, 0.2) is 22.8 Å². The number of nitrogens with two attached hydrogens (primary N) is 1. The molecule has 2 heterocycles. The molecular weight excluding hydrogens is 164 g/mol. The summed E-state index contributed by atoms with van der Waals surface area (Å²) in [6.07, 6.45) is 3.89. The largest absolute Gasteiger partial charge is 0.469 e. The smallest absolute Gasteiger partial charge is 0.105 e. The van der Waals surface area contributed by atoms with E-state index in [0.29, 0.717) is 12.0 Å². The van der Waals surface area contributed by atoms with E-state index in [-0.39, 0.29) is 0 Å². The molecule has 1 aliphatic heterocycles. The second-order valence-electron chi connectivity index (χ2n) is 3.63. The lowest BCUT2D eigenvalue weighted by Crippen LogP contribution is -2.32. The van der Waals surface area contributed by atoms with Crippen molar-refractivity contribution in [2.45, 2.75) is 18.9 Å². The van der Waals surface area contributed by atoms with Crippen molar-refractivity contribution in [1.29, 1.82) is 0 Å². The van der Waals surface area contributed by atoms with Crippen molar-refractivity contribution in [2.75, 3.05) is 13.1 Å². The molecule has 1 aromatic heterocycles. The minimum Gasteiger partial charge on any atom is -0.469 e. The van der Waals surface area contributed by atoms with Crippen LogP contribution in [0.25, 0.3) is 0 Å². The second-order valence-corrected chi connectivity index (χ2v) is 3.63. The Bertz CT molecular complexity index is 245. The molecule has 0 bridgehead atoms. The predicted molar refractivity (Wildman–Crippen MR) is 51.4 cm³/mol. The van der Waals surface area contributed by atoms with Crippen LogP contribution < -0.4 is 11.1 Å². The zero-order valence-corrected chi connectivity index (χ0v) is 7.70.